The molecule has 2 rings (SSSR count). The van der Waals surface area contributed by atoms with Gasteiger partial charge in [0, 0.05) is 12.8 Å². The number of esters is 2. The van der Waals surface area contributed by atoms with Crippen LogP contribution in [0, 0.1) is 0 Å². The predicted octanol–water partition coefficient (Wildman–Crippen LogP) is 4.53. The maximum Gasteiger partial charge on any atom is 0.306 e. The summed E-state index contributed by atoms with van der Waals surface area (Å²) in [5.41, 5.74) is 1.86. The van der Waals surface area contributed by atoms with E-state index in [9.17, 15) is 9.59 Å². The fourth-order valence-electron chi connectivity index (χ4n) is 2.61. The smallest absolute Gasteiger partial charge is 0.306 e. The van der Waals surface area contributed by atoms with E-state index < -0.39 is 0 Å². The van der Waals surface area contributed by atoms with Crippen LogP contribution >= 0.6 is 0 Å². The van der Waals surface area contributed by atoms with Crippen molar-refractivity contribution in [2.24, 2.45) is 0 Å². The molecule has 24 heavy (non-hydrogen) atoms. The van der Waals surface area contributed by atoms with E-state index in [0.29, 0.717) is 12.8 Å². The van der Waals surface area contributed by atoms with Crippen molar-refractivity contribution in [1.29, 1.82) is 0 Å². The molecule has 0 aliphatic carbocycles. The third-order valence-corrected chi connectivity index (χ3v) is 3.76. The van der Waals surface area contributed by atoms with Crippen LogP contribution in [0.15, 0.2) is 36.4 Å². The molecule has 2 aromatic carbocycles. The van der Waals surface area contributed by atoms with Crippen molar-refractivity contribution >= 4 is 22.7 Å². The number of carbonyl (C=O) groups excluding carboxylic acids is 2. The maximum absolute atomic E-state index is 11.6. The molecular formula is C20H24O4. The van der Waals surface area contributed by atoms with E-state index in [1.807, 2.05) is 50.2 Å². The number of hydrogen-bond donors (Lipinski definition) is 0. The number of carbonyl (C=O) groups is 2. The summed E-state index contributed by atoms with van der Waals surface area (Å²) in [7, 11) is 0. The zero-order valence-corrected chi connectivity index (χ0v) is 14.3. The van der Waals surface area contributed by atoms with Crippen molar-refractivity contribution in [2.75, 3.05) is 0 Å². The van der Waals surface area contributed by atoms with Gasteiger partial charge in [-0.3, -0.25) is 9.59 Å². The molecule has 0 fully saturated rings. The summed E-state index contributed by atoms with van der Waals surface area (Å²) >= 11 is 0. The van der Waals surface area contributed by atoms with Gasteiger partial charge in [0.05, 0.1) is 0 Å². The number of ether oxygens (including phenoxy) is 2. The predicted molar refractivity (Wildman–Crippen MR) is 93.4 cm³/mol. The van der Waals surface area contributed by atoms with Crippen LogP contribution in [-0.4, -0.2) is 11.9 Å². The van der Waals surface area contributed by atoms with Gasteiger partial charge in [-0.25, -0.2) is 0 Å². The highest BCUT2D eigenvalue weighted by molar-refractivity contribution is 5.89. The molecule has 0 atom stereocenters. The Morgan fingerprint density at radius 2 is 1.25 bits per heavy atom. The molecular weight excluding hydrogens is 304 g/mol. The van der Waals surface area contributed by atoms with Gasteiger partial charge in [-0.15, -0.1) is 0 Å². The molecule has 0 radical (unpaired) electrons. The normalized spacial score (nSPS) is 10.6. The highest BCUT2D eigenvalue weighted by Gasteiger charge is 2.10. The number of fused-ring (bicyclic) bond motifs is 1. The lowest BCUT2D eigenvalue weighted by atomic mass is 10.00. The number of hydrogen-bond acceptors (Lipinski definition) is 4. The Labute approximate surface area is 142 Å². The van der Waals surface area contributed by atoms with Gasteiger partial charge in [-0.05, 0) is 34.7 Å². The zero-order valence-electron chi connectivity index (χ0n) is 14.3. The van der Waals surface area contributed by atoms with E-state index in [1.165, 1.54) is 0 Å². The molecule has 0 aliphatic rings. The van der Waals surface area contributed by atoms with Gasteiger partial charge < -0.3 is 9.47 Å². The van der Waals surface area contributed by atoms with E-state index in [4.69, 9.17) is 9.47 Å². The van der Waals surface area contributed by atoms with Crippen LogP contribution in [0.3, 0.4) is 0 Å². The highest BCUT2D eigenvalue weighted by atomic mass is 16.5. The summed E-state index contributed by atoms with van der Waals surface area (Å²) in [6.07, 6.45) is 2.39. The lowest BCUT2D eigenvalue weighted by molar-refractivity contribution is -0.145. The molecule has 2 aromatic rings. The first-order valence-corrected chi connectivity index (χ1v) is 8.46. The quantitative estimate of drug-likeness (QED) is 0.668. The fraction of sp³-hybridized carbons (Fsp3) is 0.400. The highest BCUT2D eigenvalue weighted by Crippen LogP contribution is 2.25. The van der Waals surface area contributed by atoms with Crippen molar-refractivity contribution in [2.45, 2.75) is 52.7 Å². The largest absolute Gasteiger partial charge is 0.461 e. The van der Waals surface area contributed by atoms with Crippen LogP contribution in [0.25, 0.3) is 10.8 Å². The van der Waals surface area contributed by atoms with Crippen LogP contribution in [0.4, 0.5) is 0 Å². The van der Waals surface area contributed by atoms with Crippen molar-refractivity contribution in [3.63, 3.8) is 0 Å². The van der Waals surface area contributed by atoms with Gasteiger partial charge in [-0.1, -0.05) is 50.2 Å². The molecule has 0 aromatic heterocycles. The summed E-state index contributed by atoms with van der Waals surface area (Å²) in [6.45, 7) is 4.36. The van der Waals surface area contributed by atoms with E-state index >= 15 is 0 Å². The Kier molecular flexibility index (Phi) is 6.79. The van der Waals surface area contributed by atoms with Crippen LogP contribution < -0.4 is 0 Å². The first-order chi connectivity index (χ1) is 11.7. The van der Waals surface area contributed by atoms with Gasteiger partial charge in [0.2, 0.25) is 0 Å². The van der Waals surface area contributed by atoms with Crippen LogP contribution in [0.2, 0.25) is 0 Å². The second-order valence-electron chi connectivity index (χ2n) is 5.75. The van der Waals surface area contributed by atoms with E-state index in [-0.39, 0.29) is 25.2 Å². The minimum atomic E-state index is -0.193. The van der Waals surface area contributed by atoms with Crippen molar-refractivity contribution in [1.82, 2.24) is 0 Å². The average Bonchev–Trinajstić information content (AvgIpc) is 2.58. The van der Waals surface area contributed by atoms with Crippen molar-refractivity contribution in [3.05, 3.63) is 47.5 Å². The van der Waals surface area contributed by atoms with Crippen molar-refractivity contribution < 1.29 is 19.1 Å². The first-order valence-electron chi connectivity index (χ1n) is 8.46. The molecule has 0 spiro atoms. The Balaban J connectivity index is 2.21. The molecule has 0 heterocycles. The monoisotopic (exact) mass is 328 g/mol. The summed E-state index contributed by atoms with van der Waals surface area (Å²) in [5.74, 6) is -0.386. The topological polar surface area (TPSA) is 52.6 Å². The second kappa shape index (κ2) is 9.06. The van der Waals surface area contributed by atoms with Crippen LogP contribution in [0.1, 0.15) is 50.7 Å². The molecule has 4 nitrogen and oxygen atoms in total. The van der Waals surface area contributed by atoms with E-state index in [0.717, 1.165) is 34.7 Å². The van der Waals surface area contributed by atoms with Crippen LogP contribution in [0.5, 0.6) is 0 Å². The Hall–Kier alpha value is -2.36. The minimum absolute atomic E-state index is 0.193. The van der Waals surface area contributed by atoms with Gasteiger partial charge in [0.15, 0.2) is 0 Å². The lowest BCUT2D eigenvalue weighted by Gasteiger charge is -2.12. The van der Waals surface area contributed by atoms with Crippen molar-refractivity contribution in [3.8, 4) is 0 Å². The zero-order chi connectivity index (χ0) is 17.4. The van der Waals surface area contributed by atoms with Gasteiger partial charge >= 0.3 is 11.9 Å². The molecule has 4 heteroatoms. The van der Waals surface area contributed by atoms with E-state index in [2.05, 4.69) is 0 Å². The molecule has 0 saturated heterocycles. The Bertz CT molecular complexity index is 649. The minimum Gasteiger partial charge on any atom is -0.461 e. The molecule has 0 N–H and O–H groups in total. The first kappa shape index (κ1) is 18.0. The molecule has 0 bridgehead atoms. The SMILES string of the molecule is CCCC(=O)OCc1cccc2cccc(COC(=O)CCC)c12. The van der Waals surface area contributed by atoms with Gasteiger partial charge in [0.1, 0.15) is 13.2 Å². The fourth-order valence-corrected chi connectivity index (χ4v) is 2.61. The Morgan fingerprint density at radius 3 is 1.67 bits per heavy atom. The third-order valence-electron chi connectivity index (χ3n) is 3.76. The summed E-state index contributed by atoms with van der Waals surface area (Å²) in [4.78, 5) is 23.3. The third kappa shape index (κ3) is 4.82. The molecule has 0 unspecified atom stereocenters. The molecule has 0 amide bonds. The maximum atomic E-state index is 11.6. The summed E-state index contributed by atoms with van der Waals surface area (Å²) < 4.78 is 10.7. The summed E-state index contributed by atoms with van der Waals surface area (Å²) in [5, 5.41) is 2.04. The molecule has 0 aliphatic heterocycles. The second-order valence-corrected chi connectivity index (χ2v) is 5.75. The van der Waals surface area contributed by atoms with E-state index in [1.54, 1.807) is 0 Å². The summed E-state index contributed by atoms with van der Waals surface area (Å²) in [6, 6.07) is 11.8. The van der Waals surface area contributed by atoms with Gasteiger partial charge in [0.25, 0.3) is 0 Å². The van der Waals surface area contributed by atoms with Crippen LogP contribution in [-0.2, 0) is 32.3 Å². The molecule has 0 saturated carbocycles. The van der Waals surface area contributed by atoms with Gasteiger partial charge in [-0.2, -0.15) is 0 Å². The number of benzene rings is 2. The standard InChI is InChI=1S/C20H24O4/c1-3-7-18(21)23-13-16-11-5-9-15-10-6-12-17(20(15)16)14-24-19(22)8-4-2/h5-6,9-12H,3-4,7-8,13-14H2,1-2H3. The lowest BCUT2D eigenvalue weighted by Crippen LogP contribution is -2.06. The Morgan fingerprint density at radius 1 is 0.792 bits per heavy atom. The average molecular weight is 328 g/mol. The molecule has 128 valence electrons. The number of rotatable bonds is 8.